The first kappa shape index (κ1) is 26.7. The molecule has 0 unspecified atom stereocenters. The summed E-state index contributed by atoms with van der Waals surface area (Å²) in [7, 11) is 1.70. The van der Waals surface area contributed by atoms with E-state index in [-0.39, 0.29) is 18.1 Å². The summed E-state index contributed by atoms with van der Waals surface area (Å²) in [6.45, 7) is 17.9. The van der Waals surface area contributed by atoms with Gasteiger partial charge in [-0.3, -0.25) is 9.69 Å². The Bertz CT molecular complexity index is 460. The Morgan fingerprint density at radius 3 is 2.15 bits per heavy atom. The van der Waals surface area contributed by atoms with Crippen LogP contribution >= 0.6 is 0 Å². The maximum absolute atomic E-state index is 11.6. The predicted octanol–water partition coefficient (Wildman–Crippen LogP) is 5.86. The molecule has 1 aromatic rings. The van der Waals surface area contributed by atoms with Gasteiger partial charge in [-0.2, -0.15) is 0 Å². The maximum Gasteiger partial charge on any atom is 0.306 e. The summed E-state index contributed by atoms with van der Waals surface area (Å²) in [6, 6.07) is 8.34. The molecule has 0 bridgehead atoms. The number of carbonyl (C=O) groups is 1. The van der Waals surface area contributed by atoms with Gasteiger partial charge in [0.25, 0.3) is 0 Å². The molecule has 0 saturated carbocycles. The monoisotopic (exact) mass is 367 g/mol. The summed E-state index contributed by atoms with van der Waals surface area (Å²) in [5.74, 6) is 0.795. The van der Waals surface area contributed by atoms with Crippen LogP contribution in [0.15, 0.2) is 24.3 Å². The minimum atomic E-state index is -0.115. The minimum absolute atomic E-state index is 0.0396. The van der Waals surface area contributed by atoms with E-state index in [0.717, 1.165) is 25.3 Å². The molecule has 0 aliphatic carbocycles. The van der Waals surface area contributed by atoms with Crippen molar-refractivity contribution in [1.29, 1.82) is 0 Å². The molecule has 0 heterocycles. The highest BCUT2D eigenvalue weighted by Crippen LogP contribution is 2.28. The second kappa shape index (κ2) is 16.9. The van der Waals surface area contributed by atoms with Crippen LogP contribution in [-0.2, 0) is 9.53 Å². The van der Waals surface area contributed by atoms with Crippen molar-refractivity contribution >= 4 is 5.97 Å². The summed E-state index contributed by atoms with van der Waals surface area (Å²) in [6.07, 6.45) is 1.23. The quantitative estimate of drug-likeness (QED) is 0.512. The molecule has 152 valence electrons. The van der Waals surface area contributed by atoms with Crippen LogP contribution in [0.1, 0.15) is 79.8 Å². The van der Waals surface area contributed by atoms with E-state index in [1.54, 1.807) is 7.11 Å². The molecule has 1 aromatic carbocycles. The number of esters is 1. The first-order valence-electron chi connectivity index (χ1n) is 10.1. The van der Waals surface area contributed by atoms with Crippen molar-refractivity contribution in [2.45, 2.75) is 80.4 Å². The lowest BCUT2D eigenvalue weighted by Gasteiger charge is -2.29. The van der Waals surface area contributed by atoms with Crippen molar-refractivity contribution in [3.05, 3.63) is 29.8 Å². The van der Waals surface area contributed by atoms with E-state index < -0.39 is 0 Å². The van der Waals surface area contributed by atoms with Crippen LogP contribution in [0.5, 0.6) is 5.75 Å². The Hall–Kier alpha value is -1.55. The standard InChI is InChI=1S/C18H29NO3.2C2H6/c1-6-19(13-9-12-18(20)22-14(2)3)15(4)16-10-7-8-11-17(16)21-5;2*1-2/h7-8,10-11,14-15H,6,9,12-13H2,1-5H3;2*1-2H3/t15-;;/m0../s1. The van der Waals surface area contributed by atoms with Crippen LogP contribution in [-0.4, -0.2) is 37.2 Å². The number of ether oxygens (including phenoxy) is 2. The third-order valence-corrected chi connectivity index (χ3v) is 3.74. The molecule has 0 aliphatic heterocycles. The van der Waals surface area contributed by atoms with E-state index in [1.165, 1.54) is 5.56 Å². The Morgan fingerprint density at radius 2 is 1.65 bits per heavy atom. The molecule has 0 fully saturated rings. The molecule has 1 atom stereocenters. The normalized spacial score (nSPS) is 11.0. The fraction of sp³-hybridized carbons (Fsp3) is 0.682. The molecule has 26 heavy (non-hydrogen) atoms. The van der Waals surface area contributed by atoms with Crippen LogP contribution < -0.4 is 4.74 Å². The first-order valence-corrected chi connectivity index (χ1v) is 10.1. The zero-order chi connectivity index (χ0) is 20.5. The molecule has 4 nitrogen and oxygen atoms in total. The van der Waals surface area contributed by atoms with Gasteiger partial charge in [0.1, 0.15) is 5.75 Å². The van der Waals surface area contributed by atoms with Crippen molar-refractivity contribution in [3.63, 3.8) is 0 Å². The van der Waals surface area contributed by atoms with E-state index in [2.05, 4.69) is 24.8 Å². The van der Waals surface area contributed by atoms with Crippen LogP contribution in [0, 0.1) is 0 Å². The highest BCUT2D eigenvalue weighted by molar-refractivity contribution is 5.69. The Labute approximate surface area is 161 Å². The summed E-state index contributed by atoms with van der Waals surface area (Å²) >= 11 is 0. The maximum atomic E-state index is 11.6. The molecule has 1 rings (SSSR count). The van der Waals surface area contributed by atoms with Gasteiger partial charge >= 0.3 is 5.97 Å². The van der Waals surface area contributed by atoms with Gasteiger partial charge in [0.2, 0.25) is 0 Å². The summed E-state index contributed by atoms with van der Waals surface area (Å²) in [5, 5.41) is 0. The Balaban J connectivity index is 0. The third kappa shape index (κ3) is 10.4. The lowest BCUT2D eigenvalue weighted by Crippen LogP contribution is -2.28. The number of para-hydroxylation sites is 1. The Kier molecular flexibility index (Phi) is 17.3. The van der Waals surface area contributed by atoms with Gasteiger partial charge in [-0.15, -0.1) is 0 Å². The lowest BCUT2D eigenvalue weighted by atomic mass is 10.1. The van der Waals surface area contributed by atoms with Crippen LogP contribution in [0.25, 0.3) is 0 Å². The van der Waals surface area contributed by atoms with Gasteiger partial charge in [-0.05, 0) is 46.3 Å². The van der Waals surface area contributed by atoms with Crippen molar-refractivity contribution in [2.75, 3.05) is 20.2 Å². The van der Waals surface area contributed by atoms with E-state index in [1.807, 2.05) is 59.7 Å². The average molecular weight is 368 g/mol. The molecule has 0 radical (unpaired) electrons. The number of carbonyl (C=O) groups excluding carboxylic acids is 1. The first-order chi connectivity index (χ1) is 12.5. The van der Waals surface area contributed by atoms with Gasteiger partial charge in [0.15, 0.2) is 0 Å². The average Bonchev–Trinajstić information content (AvgIpc) is 2.67. The van der Waals surface area contributed by atoms with Crippen molar-refractivity contribution in [2.24, 2.45) is 0 Å². The number of rotatable bonds is 9. The van der Waals surface area contributed by atoms with Crippen molar-refractivity contribution in [1.82, 2.24) is 4.90 Å². The molecule has 0 amide bonds. The fourth-order valence-corrected chi connectivity index (χ4v) is 2.58. The van der Waals surface area contributed by atoms with Gasteiger partial charge in [-0.1, -0.05) is 52.8 Å². The predicted molar refractivity (Wildman–Crippen MR) is 112 cm³/mol. The van der Waals surface area contributed by atoms with Crippen LogP contribution in [0.2, 0.25) is 0 Å². The van der Waals surface area contributed by atoms with Crippen LogP contribution in [0.4, 0.5) is 0 Å². The van der Waals surface area contributed by atoms with E-state index in [9.17, 15) is 4.79 Å². The van der Waals surface area contributed by atoms with E-state index in [0.29, 0.717) is 6.42 Å². The van der Waals surface area contributed by atoms with Crippen LogP contribution in [0.3, 0.4) is 0 Å². The number of hydrogen-bond donors (Lipinski definition) is 0. The SMILES string of the molecule is CC.CC.CCN(CCCC(=O)OC(C)C)[C@@H](C)c1ccccc1OC. The third-order valence-electron chi connectivity index (χ3n) is 3.74. The summed E-state index contributed by atoms with van der Waals surface area (Å²) in [5.41, 5.74) is 1.18. The number of hydrogen-bond acceptors (Lipinski definition) is 4. The molecular formula is C22H41NO3. The van der Waals surface area contributed by atoms with Crippen molar-refractivity contribution < 1.29 is 14.3 Å². The van der Waals surface area contributed by atoms with Gasteiger partial charge in [-0.25, -0.2) is 0 Å². The summed E-state index contributed by atoms with van der Waals surface area (Å²) in [4.78, 5) is 14.0. The molecular weight excluding hydrogens is 326 g/mol. The van der Waals surface area contributed by atoms with Gasteiger partial charge in [0.05, 0.1) is 13.2 Å². The molecule has 0 aromatic heterocycles. The second-order valence-electron chi connectivity index (χ2n) is 5.69. The fourth-order valence-electron chi connectivity index (χ4n) is 2.58. The molecule has 0 spiro atoms. The number of methoxy groups -OCH3 is 1. The zero-order valence-electron chi connectivity index (χ0n) is 18.5. The Morgan fingerprint density at radius 1 is 1.08 bits per heavy atom. The molecule has 0 N–H and O–H groups in total. The summed E-state index contributed by atoms with van der Waals surface area (Å²) < 4.78 is 10.6. The highest BCUT2D eigenvalue weighted by atomic mass is 16.5. The van der Waals surface area contributed by atoms with E-state index in [4.69, 9.17) is 9.47 Å². The molecule has 0 saturated heterocycles. The largest absolute Gasteiger partial charge is 0.496 e. The van der Waals surface area contributed by atoms with Crippen molar-refractivity contribution in [3.8, 4) is 5.75 Å². The number of nitrogens with zero attached hydrogens (tertiary/aromatic N) is 1. The molecule has 0 aliphatic rings. The topological polar surface area (TPSA) is 38.8 Å². The van der Waals surface area contributed by atoms with Gasteiger partial charge in [0, 0.05) is 18.0 Å². The lowest BCUT2D eigenvalue weighted by molar-refractivity contribution is -0.147. The second-order valence-corrected chi connectivity index (χ2v) is 5.69. The van der Waals surface area contributed by atoms with E-state index >= 15 is 0 Å². The van der Waals surface area contributed by atoms with Gasteiger partial charge < -0.3 is 9.47 Å². The molecule has 4 heteroatoms. The highest BCUT2D eigenvalue weighted by Gasteiger charge is 2.18. The minimum Gasteiger partial charge on any atom is -0.496 e. The zero-order valence-corrected chi connectivity index (χ0v) is 18.5. The number of benzene rings is 1. The smallest absolute Gasteiger partial charge is 0.306 e.